The van der Waals surface area contributed by atoms with Gasteiger partial charge in [-0.3, -0.25) is 0 Å². The van der Waals surface area contributed by atoms with Crippen LogP contribution in [0.4, 0.5) is 11.4 Å². The van der Waals surface area contributed by atoms with E-state index in [-0.39, 0.29) is 5.92 Å². The molecule has 2 atom stereocenters. The first-order valence-electron chi connectivity index (χ1n) is 16.1. The molecule has 1 aliphatic heterocycles. The van der Waals surface area contributed by atoms with E-state index in [1.165, 1.54) is 72.6 Å². The van der Waals surface area contributed by atoms with Crippen molar-refractivity contribution in [1.29, 1.82) is 0 Å². The van der Waals surface area contributed by atoms with Crippen molar-refractivity contribution in [3.8, 4) is 22.6 Å². The van der Waals surface area contributed by atoms with Crippen LogP contribution in [0.3, 0.4) is 0 Å². The lowest BCUT2D eigenvalue weighted by Gasteiger charge is -2.45. The maximum Gasteiger partial charge on any atom is 0.0826 e. The number of para-hydroxylation sites is 6. The van der Waals surface area contributed by atoms with Crippen LogP contribution in [0.5, 0.6) is 0 Å². The molecular weight excluding hydrogens is 558 g/mol. The number of rotatable bonds is 3. The normalized spacial score (nSPS) is 17.9. The summed E-state index contributed by atoms with van der Waals surface area (Å²) >= 11 is 0. The van der Waals surface area contributed by atoms with Crippen LogP contribution in [0.15, 0.2) is 164 Å². The molecule has 2 aromatic heterocycles. The van der Waals surface area contributed by atoms with Gasteiger partial charge in [-0.2, -0.15) is 0 Å². The monoisotopic (exact) mass is 589 g/mol. The van der Waals surface area contributed by atoms with Crippen LogP contribution in [0, 0.1) is 0 Å². The molecule has 0 saturated heterocycles. The van der Waals surface area contributed by atoms with E-state index in [1.54, 1.807) is 0 Å². The topological polar surface area (TPSA) is 13.1 Å². The van der Waals surface area contributed by atoms with Gasteiger partial charge in [0.25, 0.3) is 0 Å². The quantitative estimate of drug-likeness (QED) is 0.200. The largest absolute Gasteiger partial charge is 0.330 e. The third-order valence-corrected chi connectivity index (χ3v) is 10.4. The Labute approximate surface area is 268 Å². The van der Waals surface area contributed by atoms with Gasteiger partial charge in [0.2, 0.25) is 0 Å². The minimum absolute atomic E-state index is 0.0639. The first kappa shape index (κ1) is 25.5. The fourth-order valence-electron chi connectivity index (χ4n) is 8.74. The Morgan fingerprint density at radius 3 is 1.65 bits per heavy atom. The number of hydrogen-bond acceptors (Lipinski definition) is 1. The Hall–Kier alpha value is -5.80. The maximum absolute atomic E-state index is 2.63. The highest BCUT2D eigenvalue weighted by Crippen LogP contribution is 2.66. The smallest absolute Gasteiger partial charge is 0.0826 e. The molecule has 0 spiro atoms. The molecule has 2 unspecified atom stereocenters. The molecule has 218 valence electrons. The number of anilines is 2. The molecule has 3 heteroatoms. The summed E-state index contributed by atoms with van der Waals surface area (Å²) in [6.07, 6.45) is 0. The summed E-state index contributed by atoms with van der Waals surface area (Å²) in [5.41, 5.74) is 13.5. The van der Waals surface area contributed by atoms with E-state index in [0.29, 0.717) is 0 Å². The fraction of sp³-hybridized carbons (Fsp3) is 0.0698. The zero-order valence-corrected chi connectivity index (χ0v) is 25.5. The maximum atomic E-state index is 2.63. The Kier molecular flexibility index (Phi) is 5.19. The van der Waals surface area contributed by atoms with Gasteiger partial charge in [0, 0.05) is 50.3 Å². The molecule has 0 N–H and O–H groups in total. The lowest BCUT2D eigenvalue weighted by molar-refractivity contribution is 0.443. The molecule has 0 saturated carbocycles. The summed E-state index contributed by atoms with van der Waals surface area (Å²) in [6, 6.07) is 59.9. The van der Waals surface area contributed by atoms with Crippen LogP contribution in [-0.4, -0.2) is 9.13 Å². The molecule has 6 aromatic carbocycles. The van der Waals surface area contributed by atoms with Crippen LogP contribution in [0.25, 0.3) is 44.4 Å². The van der Waals surface area contributed by atoms with Gasteiger partial charge in [-0.1, -0.05) is 109 Å². The van der Waals surface area contributed by atoms with Crippen molar-refractivity contribution in [2.45, 2.75) is 18.4 Å². The first-order valence-corrected chi connectivity index (χ1v) is 16.1. The predicted octanol–water partition coefficient (Wildman–Crippen LogP) is 10.8. The van der Waals surface area contributed by atoms with Crippen molar-refractivity contribution in [1.82, 2.24) is 9.13 Å². The second kappa shape index (κ2) is 9.35. The average molecular weight is 590 g/mol. The summed E-state index contributed by atoms with van der Waals surface area (Å²) in [6.45, 7) is 2.49. The molecule has 0 bridgehead atoms. The SMILES string of the molecule is CC12c3c(n(-c4ccccc4)c4ccccc34)-c3c(n(-c4ccccc4)c4ccccc34)C1c1ccccc1N2c1ccccc1. The Balaban J connectivity index is 1.47. The molecule has 0 fully saturated rings. The highest BCUT2D eigenvalue weighted by molar-refractivity contribution is 6.08. The third-order valence-electron chi connectivity index (χ3n) is 10.4. The second-order valence-electron chi connectivity index (χ2n) is 12.7. The average Bonchev–Trinajstić information content (AvgIpc) is 3.73. The summed E-state index contributed by atoms with van der Waals surface area (Å²) in [4.78, 5) is 2.63. The van der Waals surface area contributed by atoms with Gasteiger partial charge in [0.1, 0.15) is 0 Å². The van der Waals surface area contributed by atoms with Crippen molar-refractivity contribution in [3.63, 3.8) is 0 Å². The van der Waals surface area contributed by atoms with E-state index in [1.807, 2.05) is 0 Å². The molecule has 3 heterocycles. The highest BCUT2D eigenvalue weighted by atomic mass is 15.3. The van der Waals surface area contributed by atoms with Crippen molar-refractivity contribution in [3.05, 3.63) is 181 Å². The van der Waals surface area contributed by atoms with Crippen LogP contribution in [0.2, 0.25) is 0 Å². The van der Waals surface area contributed by atoms with Crippen molar-refractivity contribution >= 4 is 33.2 Å². The number of nitrogens with zero attached hydrogens (tertiary/aromatic N) is 3. The van der Waals surface area contributed by atoms with Gasteiger partial charge in [-0.15, -0.1) is 0 Å². The van der Waals surface area contributed by atoms with Crippen molar-refractivity contribution < 1.29 is 0 Å². The second-order valence-corrected chi connectivity index (χ2v) is 12.7. The Morgan fingerprint density at radius 1 is 0.478 bits per heavy atom. The lowest BCUT2D eigenvalue weighted by Crippen LogP contribution is -2.44. The number of benzene rings is 6. The van der Waals surface area contributed by atoms with Gasteiger partial charge >= 0.3 is 0 Å². The van der Waals surface area contributed by atoms with E-state index in [4.69, 9.17) is 0 Å². The Morgan fingerprint density at radius 2 is 0.978 bits per heavy atom. The minimum Gasteiger partial charge on any atom is -0.330 e. The summed E-state index contributed by atoms with van der Waals surface area (Å²) in [5.74, 6) is 0.0639. The molecule has 2 aliphatic rings. The van der Waals surface area contributed by atoms with Crippen LogP contribution < -0.4 is 4.90 Å². The van der Waals surface area contributed by atoms with Gasteiger partial charge in [0.15, 0.2) is 0 Å². The summed E-state index contributed by atoms with van der Waals surface area (Å²) in [7, 11) is 0. The van der Waals surface area contributed by atoms with E-state index >= 15 is 0 Å². The zero-order valence-electron chi connectivity index (χ0n) is 25.5. The minimum atomic E-state index is -0.437. The molecule has 46 heavy (non-hydrogen) atoms. The molecule has 10 rings (SSSR count). The molecule has 0 radical (unpaired) electrons. The zero-order chi connectivity index (χ0) is 30.4. The molecule has 8 aromatic rings. The Bertz CT molecular complexity index is 2440. The van der Waals surface area contributed by atoms with Gasteiger partial charge in [-0.25, -0.2) is 0 Å². The highest BCUT2D eigenvalue weighted by Gasteiger charge is 2.58. The molecular formula is C43H31N3. The van der Waals surface area contributed by atoms with Crippen molar-refractivity contribution in [2.75, 3.05) is 4.90 Å². The molecule has 3 nitrogen and oxygen atoms in total. The standard InChI is InChI=1S/C43H31N3/c1-43-39-33-24-12-15-27-36(33)45(30-19-7-3-8-20-30)41(39)38-32-23-11-14-26-35(32)44(29-17-5-2-6-18-29)42(38)40(43)34-25-13-16-28-37(34)46(43)31-21-9-4-10-22-31/h2-28,40H,1H3. The van der Waals surface area contributed by atoms with Gasteiger partial charge in [-0.05, 0) is 67.1 Å². The van der Waals surface area contributed by atoms with E-state index in [2.05, 4.69) is 185 Å². The number of hydrogen-bond donors (Lipinski definition) is 0. The number of fused-ring (bicyclic) bond motifs is 12. The van der Waals surface area contributed by atoms with E-state index in [9.17, 15) is 0 Å². The summed E-state index contributed by atoms with van der Waals surface area (Å²) in [5, 5.41) is 2.57. The first-order chi connectivity index (χ1) is 22.8. The van der Waals surface area contributed by atoms with Crippen LogP contribution in [0.1, 0.15) is 29.7 Å². The third kappa shape index (κ3) is 3.17. The van der Waals surface area contributed by atoms with E-state index in [0.717, 1.165) is 0 Å². The van der Waals surface area contributed by atoms with Gasteiger partial charge in [0.05, 0.1) is 28.2 Å². The van der Waals surface area contributed by atoms with Crippen molar-refractivity contribution in [2.24, 2.45) is 0 Å². The fourth-order valence-corrected chi connectivity index (χ4v) is 8.74. The summed E-state index contributed by atoms with van der Waals surface area (Å²) < 4.78 is 5.08. The molecule has 0 amide bonds. The molecule has 1 aliphatic carbocycles. The predicted molar refractivity (Wildman–Crippen MR) is 190 cm³/mol. The van der Waals surface area contributed by atoms with E-state index < -0.39 is 5.54 Å². The number of aromatic nitrogens is 2. The lowest BCUT2D eigenvalue weighted by atomic mass is 9.69. The van der Waals surface area contributed by atoms with Gasteiger partial charge < -0.3 is 14.0 Å². The van der Waals surface area contributed by atoms with Crippen LogP contribution in [-0.2, 0) is 5.54 Å². The van der Waals surface area contributed by atoms with Crippen LogP contribution >= 0.6 is 0 Å².